The summed E-state index contributed by atoms with van der Waals surface area (Å²) in [6.07, 6.45) is -0.142. The molecule has 0 aliphatic heterocycles. The molecule has 0 saturated carbocycles. The third kappa shape index (κ3) is 4.82. The van der Waals surface area contributed by atoms with Gasteiger partial charge in [0.25, 0.3) is 0 Å². The fourth-order valence-corrected chi connectivity index (χ4v) is 4.44. The summed E-state index contributed by atoms with van der Waals surface area (Å²) in [6, 6.07) is 12.4. The second-order valence-corrected chi connectivity index (χ2v) is 8.84. The molecule has 0 spiro atoms. The van der Waals surface area contributed by atoms with E-state index in [0.29, 0.717) is 23.1 Å². The molecule has 0 radical (unpaired) electrons. The predicted octanol–water partition coefficient (Wildman–Crippen LogP) is 4.39. The Bertz CT molecular complexity index is 1150. The summed E-state index contributed by atoms with van der Waals surface area (Å²) in [4.78, 5) is 16.2. The van der Waals surface area contributed by atoms with Crippen LogP contribution in [0.15, 0.2) is 58.8 Å². The maximum atomic E-state index is 12.9. The fraction of sp³-hybridized carbons (Fsp3) is 0.200. The number of sulfone groups is 1. The van der Waals surface area contributed by atoms with Crippen molar-refractivity contribution in [2.75, 3.05) is 11.9 Å². The zero-order valence-electron chi connectivity index (χ0n) is 15.8. The third-order valence-corrected chi connectivity index (χ3v) is 6.38. The van der Waals surface area contributed by atoms with E-state index in [9.17, 15) is 22.0 Å². The van der Waals surface area contributed by atoms with Crippen molar-refractivity contribution in [3.05, 3.63) is 59.6 Å². The zero-order valence-corrected chi connectivity index (χ0v) is 17.5. The summed E-state index contributed by atoms with van der Waals surface area (Å²) in [5, 5.41) is 4.77. The van der Waals surface area contributed by atoms with Crippen LogP contribution in [0.2, 0.25) is 0 Å². The maximum absolute atomic E-state index is 12.9. The molecule has 1 amide bonds. The Morgan fingerprint density at radius 2 is 1.87 bits per heavy atom. The smallest absolute Gasteiger partial charge is 0.341 e. The van der Waals surface area contributed by atoms with Crippen molar-refractivity contribution in [1.82, 2.24) is 4.98 Å². The molecule has 0 atom stereocenters. The van der Waals surface area contributed by atoms with Crippen LogP contribution in [-0.2, 0) is 21.1 Å². The second kappa shape index (κ2) is 9.31. The molecule has 30 heavy (non-hydrogen) atoms. The lowest BCUT2D eigenvalue weighted by molar-refractivity contribution is -0.115. The molecule has 1 aromatic heterocycles. The van der Waals surface area contributed by atoms with Gasteiger partial charge < -0.3 is 10.1 Å². The van der Waals surface area contributed by atoms with E-state index < -0.39 is 26.4 Å². The summed E-state index contributed by atoms with van der Waals surface area (Å²) >= 11 is 1.34. The number of carbonyl (C=O) groups excluding carboxylic acids is 1. The Morgan fingerprint density at radius 3 is 2.60 bits per heavy atom. The number of halogens is 2. The number of thiazole rings is 1. The number of hydrogen-bond donors (Lipinski definition) is 1. The number of carbonyl (C=O) groups is 1. The van der Waals surface area contributed by atoms with Crippen molar-refractivity contribution in [3.8, 4) is 16.3 Å². The molecule has 0 saturated heterocycles. The number of nitrogens with zero attached hydrogens (tertiary/aromatic N) is 1. The first-order chi connectivity index (χ1) is 14.3. The van der Waals surface area contributed by atoms with Crippen LogP contribution in [0.3, 0.4) is 0 Å². The second-order valence-electron chi connectivity index (χ2n) is 6.10. The lowest BCUT2D eigenvalue weighted by Gasteiger charge is -2.10. The molecule has 0 unspecified atom stereocenters. The molecule has 0 aliphatic carbocycles. The van der Waals surface area contributed by atoms with E-state index in [-0.39, 0.29) is 12.1 Å². The highest BCUT2D eigenvalue weighted by Gasteiger charge is 2.29. The van der Waals surface area contributed by atoms with Crippen LogP contribution in [-0.4, -0.2) is 31.7 Å². The number of rotatable bonds is 8. The Hall–Kier alpha value is -2.85. The minimum Gasteiger partial charge on any atom is -0.493 e. The van der Waals surface area contributed by atoms with Gasteiger partial charge in [0.15, 0.2) is 0 Å². The number of para-hydroxylation sites is 2. The molecule has 1 heterocycles. The SMILES string of the molecule is CCOc1ccccc1-c1nc(CC(=O)Nc2ccccc2S(=O)(=O)C(F)F)cs1. The van der Waals surface area contributed by atoms with Crippen LogP contribution in [0.5, 0.6) is 5.75 Å². The van der Waals surface area contributed by atoms with E-state index in [1.807, 2.05) is 31.2 Å². The summed E-state index contributed by atoms with van der Waals surface area (Å²) in [5.41, 5.74) is 1.07. The van der Waals surface area contributed by atoms with Gasteiger partial charge in [0, 0.05) is 5.38 Å². The molecule has 2 aromatic carbocycles. The van der Waals surface area contributed by atoms with Crippen LogP contribution in [0.4, 0.5) is 14.5 Å². The average molecular weight is 453 g/mol. The Labute approximate surface area is 176 Å². The number of amides is 1. The van der Waals surface area contributed by atoms with Gasteiger partial charge in [-0.25, -0.2) is 13.4 Å². The van der Waals surface area contributed by atoms with Crippen molar-refractivity contribution < 1.29 is 26.7 Å². The molecule has 3 rings (SSSR count). The Kier molecular flexibility index (Phi) is 6.78. The van der Waals surface area contributed by atoms with Gasteiger partial charge in [-0.15, -0.1) is 11.3 Å². The molecule has 0 bridgehead atoms. The van der Waals surface area contributed by atoms with E-state index in [1.165, 1.54) is 29.5 Å². The summed E-state index contributed by atoms with van der Waals surface area (Å²) in [5.74, 6) is -3.47. The molecular weight excluding hydrogens is 434 g/mol. The average Bonchev–Trinajstić information content (AvgIpc) is 3.17. The normalized spacial score (nSPS) is 11.5. The summed E-state index contributed by atoms with van der Waals surface area (Å²) in [6.45, 7) is 2.37. The largest absolute Gasteiger partial charge is 0.493 e. The van der Waals surface area contributed by atoms with Gasteiger partial charge in [0.2, 0.25) is 15.7 Å². The molecule has 1 N–H and O–H groups in total. The van der Waals surface area contributed by atoms with Gasteiger partial charge in [-0.3, -0.25) is 4.79 Å². The number of ether oxygens (including phenoxy) is 1. The topological polar surface area (TPSA) is 85.4 Å². The lowest BCUT2D eigenvalue weighted by atomic mass is 10.2. The molecule has 3 aromatic rings. The number of alkyl halides is 2. The molecule has 10 heteroatoms. The highest BCUT2D eigenvalue weighted by Crippen LogP contribution is 2.32. The molecule has 0 aliphatic rings. The van der Waals surface area contributed by atoms with Crippen LogP contribution in [0.25, 0.3) is 10.6 Å². The number of hydrogen-bond acceptors (Lipinski definition) is 6. The van der Waals surface area contributed by atoms with Crippen LogP contribution < -0.4 is 10.1 Å². The predicted molar refractivity (Wildman–Crippen MR) is 111 cm³/mol. The first-order valence-electron chi connectivity index (χ1n) is 8.90. The van der Waals surface area contributed by atoms with E-state index in [2.05, 4.69) is 10.3 Å². The van der Waals surface area contributed by atoms with Gasteiger partial charge in [-0.05, 0) is 31.2 Å². The van der Waals surface area contributed by atoms with Crippen molar-refractivity contribution >= 4 is 32.8 Å². The standard InChI is InChI=1S/C20H18F2N2O4S2/c1-2-28-16-9-5-3-7-14(16)19-23-13(12-29-19)11-18(25)24-15-8-4-6-10-17(15)30(26,27)20(21)22/h3-10,12,20H,2,11H2,1H3,(H,24,25). The minimum absolute atomic E-state index is 0.142. The van der Waals surface area contributed by atoms with E-state index in [1.54, 1.807) is 5.38 Å². The van der Waals surface area contributed by atoms with Crippen LogP contribution in [0.1, 0.15) is 12.6 Å². The highest BCUT2D eigenvalue weighted by molar-refractivity contribution is 7.91. The van der Waals surface area contributed by atoms with Crippen LogP contribution >= 0.6 is 11.3 Å². The number of aromatic nitrogens is 1. The van der Waals surface area contributed by atoms with E-state index >= 15 is 0 Å². The molecule has 158 valence electrons. The minimum atomic E-state index is -4.84. The van der Waals surface area contributed by atoms with Gasteiger partial charge in [-0.2, -0.15) is 8.78 Å². The fourth-order valence-electron chi connectivity index (χ4n) is 2.71. The lowest BCUT2D eigenvalue weighted by Crippen LogP contribution is -2.19. The Balaban J connectivity index is 1.77. The third-order valence-electron chi connectivity index (χ3n) is 4.01. The Morgan fingerprint density at radius 1 is 1.17 bits per heavy atom. The van der Waals surface area contributed by atoms with Gasteiger partial charge in [0.05, 0.1) is 34.9 Å². The van der Waals surface area contributed by atoms with Gasteiger partial charge >= 0.3 is 5.76 Å². The summed E-state index contributed by atoms with van der Waals surface area (Å²) in [7, 11) is -4.84. The first-order valence-corrected chi connectivity index (χ1v) is 11.3. The number of anilines is 1. The van der Waals surface area contributed by atoms with Gasteiger partial charge in [-0.1, -0.05) is 24.3 Å². The zero-order chi connectivity index (χ0) is 21.7. The monoisotopic (exact) mass is 452 g/mol. The molecule has 0 fully saturated rings. The van der Waals surface area contributed by atoms with Crippen LogP contribution in [0, 0.1) is 0 Å². The van der Waals surface area contributed by atoms with E-state index in [4.69, 9.17) is 4.74 Å². The van der Waals surface area contributed by atoms with Gasteiger partial charge in [0.1, 0.15) is 10.8 Å². The molecule has 6 nitrogen and oxygen atoms in total. The van der Waals surface area contributed by atoms with Crippen molar-refractivity contribution in [2.45, 2.75) is 24.0 Å². The van der Waals surface area contributed by atoms with Crippen molar-refractivity contribution in [1.29, 1.82) is 0 Å². The summed E-state index contributed by atoms with van der Waals surface area (Å²) < 4.78 is 55.0. The maximum Gasteiger partial charge on any atom is 0.341 e. The number of benzene rings is 2. The van der Waals surface area contributed by atoms with Crippen molar-refractivity contribution in [3.63, 3.8) is 0 Å². The molecular formula is C20H18F2N2O4S2. The first kappa shape index (κ1) is 21.8. The quantitative estimate of drug-likeness (QED) is 0.548. The van der Waals surface area contributed by atoms with Crippen molar-refractivity contribution in [2.24, 2.45) is 0 Å². The number of nitrogens with one attached hydrogen (secondary N) is 1. The highest BCUT2D eigenvalue weighted by atomic mass is 32.2. The van der Waals surface area contributed by atoms with E-state index in [0.717, 1.165) is 11.6 Å².